The molecule has 0 saturated heterocycles. The van der Waals surface area contributed by atoms with Crippen LogP contribution in [-0.2, 0) is 9.59 Å². The van der Waals surface area contributed by atoms with Gasteiger partial charge in [0, 0.05) is 5.69 Å². The molecule has 114 valence electrons. The molecule has 2 N–H and O–H groups in total. The number of aliphatic carboxylic acids is 1. The lowest BCUT2D eigenvalue weighted by Gasteiger charge is -2.15. The Bertz CT molecular complexity index is 564. The van der Waals surface area contributed by atoms with Crippen LogP contribution in [0, 0.1) is 23.6 Å². The highest BCUT2D eigenvalue weighted by Crippen LogP contribution is 2.39. The maximum absolute atomic E-state index is 13.4. The summed E-state index contributed by atoms with van der Waals surface area (Å²) in [5.41, 5.74) is 0.283. The van der Waals surface area contributed by atoms with E-state index in [4.69, 9.17) is 11.6 Å². The third-order valence-electron chi connectivity index (χ3n) is 4.08. The van der Waals surface area contributed by atoms with Crippen LogP contribution in [0.1, 0.15) is 26.2 Å². The van der Waals surface area contributed by atoms with Gasteiger partial charge in [0.1, 0.15) is 5.82 Å². The fourth-order valence-electron chi connectivity index (χ4n) is 2.85. The van der Waals surface area contributed by atoms with Crippen LogP contribution < -0.4 is 5.32 Å². The van der Waals surface area contributed by atoms with Crippen molar-refractivity contribution in [2.24, 2.45) is 17.8 Å². The summed E-state index contributed by atoms with van der Waals surface area (Å²) < 4.78 is 13.4. The van der Waals surface area contributed by atoms with Crippen molar-refractivity contribution in [1.82, 2.24) is 0 Å². The summed E-state index contributed by atoms with van der Waals surface area (Å²) in [6, 6.07) is 3.97. The van der Waals surface area contributed by atoms with Gasteiger partial charge < -0.3 is 10.4 Å². The Balaban J connectivity index is 2.11. The van der Waals surface area contributed by atoms with Crippen molar-refractivity contribution in [1.29, 1.82) is 0 Å². The highest BCUT2D eigenvalue weighted by Gasteiger charge is 2.42. The van der Waals surface area contributed by atoms with Gasteiger partial charge in [0.05, 0.1) is 16.9 Å². The molecule has 1 fully saturated rings. The molecule has 1 saturated carbocycles. The molecule has 1 aromatic rings. The molecule has 2 rings (SSSR count). The fraction of sp³-hybridized carbons (Fsp3) is 0.467. The van der Waals surface area contributed by atoms with Crippen molar-refractivity contribution in [2.45, 2.75) is 26.2 Å². The number of carboxylic acids is 1. The summed E-state index contributed by atoms with van der Waals surface area (Å²) in [6.07, 6.45) is 1.91. The first-order valence-corrected chi connectivity index (χ1v) is 7.28. The van der Waals surface area contributed by atoms with E-state index in [1.54, 1.807) is 0 Å². The van der Waals surface area contributed by atoms with Gasteiger partial charge in [-0.25, -0.2) is 4.39 Å². The highest BCUT2D eigenvalue weighted by molar-refractivity contribution is 6.30. The van der Waals surface area contributed by atoms with E-state index in [9.17, 15) is 19.1 Å². The average molecular weight is 314 g/mol. The minimum Gasteiger partial charge on any atom is -0.481 e. The van der Waals surface area contributed by atoms with E-state index in [1.165, 1.54) is 12.1 Å². The molecule has 0 radical (unpaired) electrons. The van der Waals surface area contributed by atoms with E-state index in [0.29, 0.717) is 12.8 Å². The number of anilines is 1. The molecule has 0 spiro atoms. The number of benzene rings is 1. The van der Waals surface area contributed by atoms with Crippen LogP contribution in [0.4, 0.5) is 10.1 Å². The second-order valence-electron chi connectivity index (χ2n) is 5.42. The monoisotopic (exact) mass is 313 g/mol. The third-order valence-corrected chi connectivity index (χ3v) is 4.39. The summed E-state index contributed by atoms with van der Waals surface area (Å²) in [4.78, 5) is 23.5. The molecule has 0 aliphatic heterocycles. The molecule has 1 amide bonds. The predicted octanol–water partition coefficient (Wildman–Crippen LogP) is 3.55. The molecule has 6 heteroatoms. The summed E-state index contributed by atoms with van der Waals surface area (Å²) in [5, 5.41) is 11.8. The van der Waals surface area contributed by atoms with Crippen LogP contribution in [0.25, 0.3) is 0 Å². The van der Waals surface area contributed by atoms with Crippen molar-refractivity contribution < 1.29 is 19.1 Å². The van der Waals surface area contributed by atoms with Gasteiger partial charge in [-0.15, -0.1) is 0 Å². The molecule has 21 heavy (non-hydrogen) atoms. The zero-order valence-electron chi connectivity index (χ0n) is 11.6. The normalized spacial score (nSPS) is 24.8. The number of carbonyl (C=O) groups excluding carboxylic acids is 1. The minimum absolute atomic E-state index is 0.0247. The van der Waals surface area contributed by atoms with Crippen LogP contribution >= 0.6 is 11.6 Å². The number of halogens is 2. The van der Waals surface area contributed by atoms with Gasteiger partial charge in [-0.05, 0) is 37.0 Å². The maximum atomic E-state index is 13.4. The van der Waals surface area contributed by atoms with Crippen molar-refractivity contribution >= 4 is 29.2 Å². The number of rotatable bonds is 4. The lowest BCUT2D eigenvalue weighted by Crippen LogP contribution is -2.30. The molecule has 0 aromatic heterocycles. The molecular formula is C15H17ClFNO3. The van der Waals surface area contributed by atoms with Gasteiger partial charge in [0.25, 0.3) is 0 Å². The largest absolute Gasteiger partial charge is 0.481 e. The molecule has 4 nitrogen and oxygen atoms in total. The van der Waals surface area contributed by atoms with Crippen molar-refractivity contribution in [3.8, 4) is 0 Å². The summed E-state index contributed by atoms with van der Waals surface area (Å²) in [5.74, 6) is -2.96. The van der Waals surface area contributed by atoms with Gasteiger partial charge in [-0.1, -0.05) is 24.9 Å². The molecule has 1 aromatic carbocycles. The average Bonchev–Trinajstić information content (AvgIpc) is 2.87. The van der Waals surface area contributed by atoms with Gasteiger partial charge >= 0.3 is 5.97 Å². The van der Waals surface area contributed by atoms with Crippen molar-refractivity contribution in [3.63, 3.8) is 0 Å². The third kappa shape index (κ3) is 3.53. The number of carboxylic acid groups (broad SMARTS) is 1. The second-order valence-corrected chi connectivity index (χ2v) is 5.82. The summed E-state index contributed by atoms with van der Waals surface area (Å²) in [6.45, 7) is 1.98. The van der Waals surface area contributed by atoms with Crippen LogP contribution in [0.5, 0.6) is 0 Å². The van der Waals surface area contributed by atoms with Gasteiger partial charge in [-0.3, -0.25) is 9.59 Å². The van der Waals surface area contributed by atoms with Crippen LogP contribution in [0.15, 0.2) is 18.2 Å². The van der Waals surface area contributed by atoms with Crippen molar-refractivity contribution in [2.75, 3.05) is 5.32 Å². The molecule has 3 atom stereocenters. The molecule has 3 unspecified atom stereocenters. The molecule has 0 bridgehead atoms. The predicted molar refractivity (Wildman–Crippen MR) is 77.7 cm³/mol. The van der Waals surface area contributed by atoms with E-state index in [-0.39, 0.29) is 22.5 Å². The number of carbonyl (C=O) groups is 2. The Morgan fingerprint density at radius 3 is 2.62 bits per heavy atom. The Morgan fingerprint density at radius 2 is 2.05 bits per heavy atom. The Kier molecular flexibility index (Phi) is 4.83. The van der Waals surface area contributed by atoms with E-state index in [2.05, 4.69) is 5.32 Å². The topological polar surface area (TPSA) is 66.4 Å². The van der Waals surface area contributed by atoms with Crippen LogP contribution in [0.2, 0.25) is 5.02 Å². The Labute approximate surface area is 127 Å². The molecule has 1 aliphatic carbocycles. The first kappa shape index (κ1) is 15.8. The quantitative estimate of drug-likeness (QED) is 0.893. The molecular weight excluding hydrogens is 297 g/mol. The number of hydrogen-bond acceptors (Lipinski definition) is 2. The number of amides is 1. The summed E-state index contributed by atoms with van der Waals surface area (Å²) in [7, 11) is 0. The fourth-order valence-corrected chi connectivity index (χ4v) is 2.97. The van der Waals surface area contributed by atoms with E-state index < -0.39 is 23.6 Å². The lowest BCUT2D eigenvalue weighted by atomic mass is 9.95. The first-order chi connectivity index (χ1) is 9.92. The summed E-state index contributed by atoms with van der Waals surface area (Å²) >= 11 is 5.58. The van der Waals surface area contributed by atoms with E-state index >= 15 is 0 Å². The maximum Gasteiger partial charge on any atom is 0.307 e. The zero-order valence-corrected chi connectivity index (χ0v) is 12.4. The van der Waals surface area contributed by atoms with Gasteiger partial charge in [0.2, 0.25) is 5.91 Å². The van der Waals surface area contributed by atoms with E-state index in [1.807, 2.05) is 6.92 Å². The molecule has 1 aliphatic rings. The second kappa shape index (κ2) is 6.43. The van der Waals surface area contributed by atoms with Gasteiger partial charge in [0.15, 0.2) is 0 Å². The Morgan fingerprint density at radius 1 is 1.38 bits per heavy atom. The Hall–Kier alpha value is -1.62. The number of hydrogen-bond donors (Lipinski definition) is 2. The standard InChI is InChI=1S/C15H17ClFNO3/c1-2-8-5-10(11(6-8)15(20)21)14(19)18-9-3-4-12(16)13(17)7-9/h3-4,7-8,10-11H,2,5-6H2,1H3,(H,18,19)(H,20,21). The molecule has 0 heterocycles. The minimum atomic E-state index is -0.951. The van der Waals surface area contributed by atoms with Crippen LogP contribution in [0.3, 0.4) is 0 Å². The lowest BCUT2D eigenvalue weighted by molar-refractivity contribution is -0.145. The van der Waals surface area contributed by atoms with Crippen LogP contribution in [-0.4, -0.2) is 17.0 Å². The first-order valence-electron chi connectivity index (χ1n) is 6.91. The SMILES string of the molecule is CCC1CC(C(=O)O)C(C(=O)Nc2ccc(Cl)c(F)c2)C1. The number of nitrogens with one attached hydrogen (secondary N) is 1. The smallest absolute Gasteiger partial charge is 0.307 e. The van der Waals surface area contributed by atoms with Gasteiger partial charge in [-0.2, -0.15) is 0 Å². The van der Waals surface area contributed by atoms with Crippen molar-refractivity contribution in [3.05, 3.63) is 29.0 Å². The van der Waals surface area contributed by atoms with E-state index in [0.717, 1.165) is 12.5 Å². The zero-order chi connectivity index (χ0) is 15.6. The highest BCUT2D eigenvalue weighted by atomic mass is 35.5.